The fourth-order valence-electron chi connectivity index (χ4n) is 4.25. The predicted octanol–water partition coefficient (Wildman–Crippen LogP) is 7.72. The number of allylic oxidation sites excluding steroid dienone is 1. The van der Waals surface area contributed by atoms with Crippen molar-refractivity contribution in [3.63, 3.8) is 0 Å². The van der Waals surface area contributed by atoms with Gasteiger partial charge in [-0.2, -0.15) is 5.26 Å². The van der Waals surface area contributed by atoms with E-state index < -0.39 is 17.4 Å². The summed E-state index contributed by atoms with van der Waals surface area (Å²) in [7, 11) is 0. The third-order valence-electron chi connectivity index (χ3n) is 5.88. The van der Waals surface area contributed by atoms with Crippen LogP contribution in [0.5, 0.6) is 0 Å². The Hall–Kier alpha value is -2.69. The van der Waals surface area contributed by atoms with Crippen molar-refractivity contribution in [2.75, 3.05) is 6.61 Å². The molecule has 1 amide bonds. The quantitative estimate of drug-likeness (QED) is 0.272. The monoisotopic (exact) mass is 572 g/mol. The van der Waals surface area contributed by atoms with E-state index in [1.54, 1.807) is 55.5 Å². The molecule has 3 aromatic rings. The topological polar surface area (TPSA) is 53.3 Å². The first kappa shape index (κ1) is 25.4. The van der Waals surface area contributed by atoms with E-state index in [2.05, 4.69) is 22.5 Å². The normalized spacial score (nSPS) is 16.8. The van der Waals surface area contributed by atoms with Crippen molar-refractivity contribution in [1.29, 1.82) is 5.26 Å². The highest BCUT2D eigenvalue weighted by molar-refractivity contribution is 9.10. The van der Waals surface area contributed by atoms with Crippen LogP contribution in [0.3, 0.4) is 0 Å². The number of hydrogen-bond acceptors (Lipinski definition) is 3. The van der Waals surface area contributed by atoms with Gasteiger partial charge in [-0.1, -0.05) is 69.5 Å². The molecule has 0 fully saturated rings. The standard InChI is InChI=1S/C27H20BrCl2FN2O2/c1-16(2)18-12-22-25(24(31)13-18)27(35-11-3-10-32,19-5-8-20(29)9-6-19)33(26(22)34)15-17-4-7-21(30)14-23(17)28/h4-9,12-14H,1,3,11,15H2,2H3. The van der Waals surface area contributed by atoms with Gasteiger partial charge in [-0.25, -0.2) is 4.39 Å². The molecule has 178 valence electrons. The van der Waals surface area contributed by atoms with Crippen LogP contribution in [0.2, 0.25) is 10.0 Å². The zero-order valence-corrected chi connectivity index (χ0v) is 21.8. The summed E-state index contributed by atoms with van der Waals surface area (Å²) in [5.74, 6) is -1.01. The van der Waals surface area contributed by atoms with E-state index in [4.69, 9.17) is 33.2 Å². The van der Waals surface area contributed by atoms with Crippen LogP contribution < -0.4 is 0 Å². The van der Waals surface area contributed by atoms with Crippen molar-refractivity contribution in [2.24, 2.45) is 0 Å². The number of nitrogens with zero attached hydrogens (tertiary/aromatic N) is 2. The van der Waals surface area contributed by atoms with Gasteiger partial charge >= 0.3 is 0 Å². The minimum Gasteiger partial charge on any atom is -0.346 e. The average molecular weight is 574 g/mol. The van der Waals surface area contributed by atoms with Crippen molar-refractivity contribution in [3.05, 3.63) is 109 Å². The van der Waals surface area contributed by atoms with Crippen molar-refractivity contribution in [1.82, 2.24) is 4.90 Å². The lowest BCUT2D eigenvalue weighted by Gasteiger charge is -2.39. The minimum absolute atomic E-state index is 0.0220. The van der Waals surface area contributed by atoms with E-state index in [0.29, 0.717) is 31.2 Å². The van der Waals surface area contributed by atoms with Gasteiger partial charge in [-0.3, -0.25) is 9.69 Å². The summed E-state index contributed by atoms with van der Waals surface area (Å²) < 4.78 is 22.9. The van der Waals surface area contributed by atoms with Gasteiger partial charge in [-0.15, -0.1) is 0 Å². The molecule has 8 heteroatoms. The molecule has 1 aliphatic heterocycles. The highest BCUT2D eigenvalue weighted by atomic mass is 79.9. The van der Waals surface area contributed by atoms with Crippen LogP contribution in [-0.4, -0.2) is 17.4 Å². The highest BCUT2D eigenvalue weighted by Gasteiger charge is 2.54. The number of halogens is 4. The zero-order valence-electron chi connectivity index (χ0n) is 18.7. The second-order valence-electron chi connectivity index (χ2n) is 8.20. The molecule has 0 radical (unpaired) electrons. The lowest BCUT2D eigenvalue weighted by molar-refractivity contribution is -0.111. The van der Waals surface area contributed by atoms with E-state index in [1.807, 2.05) is 6.07 Å². The number of carbonyl (C=O) groups is 1. The smallest absolute Gasteiger partial charge is 0.257 e. The third-order valence-corrected chi connectivity index (χ3v) is 7.11. The summed E-state index contributed by atoms with van der Waals surface area (Å²) in [6, 6.07) is 17.0. The molecular formula is C27H20BrCl2FN2O2. The second-order valence-corrected chi connectivity index (χ2v) is 9.92. The first-order valence-corrected chi connectivity index (χ1v) is 12.3. The number of rotatable bonds is 7. The van der Waals surface area contributed by atoms with Gasteiger partial charge < -0.3 is 4.74 Å². The Morgan fingerprint density at radius 3 is 2.49 bits per heavy atom. The van der Waals surface area contributed by atoms with Gasteiger partial charge in [-0.05, 0) is 54.4 Å². The lowest BCUT2D eigenvalue weighted by Crippen LogP contribution is -2.47. The number of nitriles is 1. The average Bonchev–Trinajstić information content (AvgIpc) is 3.05. The summed E-state index contributed by atoms with van der Waals surface area (Å²) in [5, 5.41) is 10.2. The molecule has 0 spiro atoms. The molecule has 4 rings (SSSR count). The van der Waals surface area contributed by atoms with Crippen molar-refractivity contribution < 1.29 is 13.9 Å². The van der Waals surface area contributed by atoms with Gasteiger partial charge in [0.15, 0.2) is 5.72 Å². The van der Waals surface area contributed by atoms with Crippen molar-refractivity contribution in [3.8, 4) is 6.07 Å². The summed E-state index contributed by atoms with van der Waals surface area (Å²) >= 11 is 15.8. The van der Waals surface area contributed by atoms with Crippen molar-refractivity contribution >= 4 is 50.6 Å². The number of fused-ring (bicyclic) bond motifs is 1. The van der Waals surface area contributed by atoms with E-state index in [0.717, 1.165) is 5.56 Å². The fourth-order valence-corrected chi connectivity index (χ4v) is 5.18. The Kier molecular flexibility index (Phi) is 7.35. The van der Waals surface area contributed by atoms with Crippen LogP contribution in [0.1, 0.15) is 46.0 Å². The van der Waals surface area contributed by atoms with Gasteiger partial charge in [0, 0.05) is 20.1 Å². The lowest BCUT2D eigenvalue weighted by atomic mass is 9.90. The van der Waals surface area contributed by atoms with Crippen LogP contribution in [0, 0.1) is 17.1 Å². The van der Waals surface area contributed by atoms with Crippen LogP contribution in [0.15, 0.2) is 65.6 Å². The maximum absolute atomic E-state index is 15.9. The molecular weight excluding hydrogens is 554 g/mol. The molecule has 3 aromatic carbocycles. The number of carbonyl (C=O) groups excluding carboxylic acids is 1. The molecule has 1 unspecified atom stereocenters. The molecule has 1 heterocycles. The van der Waals surface area contributed by atoms with Gasteiger partial charge in [0.2, 0.25) is 0 Å². The molecule has 0 saturated carbocycles. The van der Waals surface area contributed by atoms with E-state index in [-0.39, 0.29) is 30.7 Å². The van der Waals surface area contributed by atoms with Gasteiger partial charge in [0.1, 0.15) is 5.82 Å². The minimum atomic E-state index is -1.62. The van der Waals surface area contributed by atoms with Gasteiger partial charge in [0.05, 0.1) is 36.8 Å². The summed E-state index contributed by atoms with van der Waals surface area (Å²) in [5.41, 5.74) is 1.06. The molecule has 4 nitrogen and oxygen atoms in total. The third kappa shape index (κ3) is 4.62. The van der Waals surface area contributed by atoms with Gasteiger partial charge in [0.25, 0.3) is 5.91 Å². The highest BCUT2D eigenvalue weighted by Crippen LogP contribution is 2.48. The number of ether oxygens (including phenoxy) is 1. The maximum Gasteiger partial charge on any atom is 0.257 e. The van der Waals surface area contributed by atoms with E-state index >= 15 is 4.39 Å². The summed E-state index contributed by atoms with van der Waals surface area (Å²) in [6.07, 6.45) is 0.0583. The molecule has 0 aromatic heterocycles. The molecule has 35 heavy (non-hydrogen) atoms. The molecule has 0 aliphatic carbocycles. The first-order chi connectivity index (χ1) is 16.7. The summed E-state index contributed by atoms with van der Waals surface area (Å²) in [6.45, 7) is 5.71. The Morgan fingerprint density at radius 2 is 1.86 bits per heavy atom. The number of hydrogen-bond donors (Lipinski definition) is 0. The maximum atomic E-state index is 15.9. The van der Waals surface area contributed by atoms with Crippen LogP contribution in [0.25, 0.3) is 5.57 Å². The predicted molar refractivity (Wildman–Crippen MR) is 139 cm³/mol. The van der Waals surface area contributed by atoms with Crippen LogP contribution in [0.4, 0.5) is 4.39 Å². The van der Waals surface area contributed by atoms with Crippen LogP contribution >= 0.6 is 39.1 Å². The molecule has 0 saturated heterocycles. The summed E-state index contributed by atoms with van der Waals surface area (Å²) in [4.78, 5) is 15.4. The first-order valence-electron chi connectivity index (χ1n) is 10.7. The molecule has 1 atom stereocenters. The van der Waals surface area contributed by atoms with Crippen LogP contribution in [-0.2, 0) is 17.0 Å². The Bertz CT molecular complexity index is 1370. The Labute approximate surface area is 221 Å². The number of benzene rings is 3. The van der Waals surface area contributed by atoms with Crippen molar-refractivity contribution in [2.45, 2.75) is 25.6 Å². The van der Waals surface area contributed by atoms with E-state index in [9.17, 15) is 4.79 Å². The Balaban J connectivity index is 2.00. The number of amides is 1. The molecule has 1 aliphatic rings. The second kappa shape index (κ2) is 10.1. The molecule has 0 N–H and O–H groups in total. The molecule has 0 bridgehead atoms. The Morgan fingerprint density at radius 1 is 1.17 bits per heavy atom. The largest absolute Gasteiger partial charge is 0.346 e. The SMILES string of the molecule is C=C(C)c1cc(F)c2c(c1)C(=O)N(Cc1ccc(Cl)cc1Br)C2(OCCC#N)c1ccc(Cl)cc1. The van der Waals surface area contributed by atoms with E-state index in [1.165, 1.54) is 11.0 Å². The zero-order chi connectivity index (χ0) is 25.3. The fraction of sp³-hybridized carbons (Fsp3) is 0.185.